The Kier molecular flexibility index (Phi) is 3.61. The number of aromatic carboxylic acids is 1. The fourth-order valence-electron chi connectivity index (χ4n) is 2.06. The van der Waals surface area contributed by atoms with Gasteiger partial charge in [-0.2, -0.15) is 0 Å². The van der Waals surface area contributed by atoms with E-state index >= 15 is 0 Å². The number of nitrogens with one attached hydrogen (secondary N) is 1. The van der Waals surface area contributed by atoms with Crippen LogP contribution in [0.5, 0.6) is 0 Å². The summed E-state index contributed by atoms with van der Waals surface area (Å²) in [6, 6.07) is 4.10. The zero-order valence-electron chi connectivity index (χ0n) is 9.58. The van der Waals surface area contributed by atoms with Gasteiger partial charge in [0.1, 0.15) is 5.82 Å². The average Bonchev–Trinajstić information content (AvgIpc) is 2.23. The lowest BCUT2D eigenvalue weighted by molar-refractivity contribution is 0.0697. The zero-order valence-corrected chi connectivity index (χ0v) is 9.58. The van der Waals surface area contributed by atoms with Crippen molar-refractivity contribution in [2.24, 2.45) is 5.92 Å². The second-order valence-corrected chi connectivity index (χ2v) is 4.48. The smallest absolute Gasteiger partial charge is 0.337 e. The molecule has 0 aliphatic heterocycles. The molecule has 92 valence electrons. The molecule has 0 amide bonds. The van der Waals surface area contributed by atoms with E-state index in [0.29, 0.717) is 6.54 Å². The monoisotopic (exact) mass is 237 g/mol. The third kappa shape index (κ3) is 2.75. The van der Waals surface area contributed by atoms with Crippen LogP contribution in [-0.4, -0.2) is 17.6 Å². The number of carboxylic acids is 1. The van der Waals surface area contributed by atoms with Gasteiger partial charge < -0.3 is 10.4 Å². The second kappa shape index (κ2) is 5.17. The average molecular weight is 237 g/mol. The van der Waals surface area contributed by atoms with Crippen molar-refractivity contribution in [2.75, 3.05) is 11.9 Å². The number of para-hydroxylation sites is 1. The van der Waals surface area contributed by atoms with Gasteiger partial charge in [-0.15, -0.1) is 0 Å². The Morgan fingerprint density at radius 3 is 2.82 bits per heavy atom. The van der Waals surface area contributed by atoms with E-state index in [2.05, 4.69) is 5.32 Å². The maximum atomic E-state index is 13.5. The van der Waals surface area contributed by atoms with Crippen LogP contribution in [0.2, 0.25) is 0 Å². The van der Waals surface area contributed by atoms with Crippen molar-refractivity contribution in [3.8, 4) is 0 Å². The molecule has 1 fully saturated rings. The Labute approximate surface area is 99.7 Å². The molecule has 0 unspecified atom stereocenters. The van der Waals surface area contributed by atoms with E-state index < -0.39 is 11.8 Å². The number of anilines is 1. The Bertz CT molecular complexity index is 416. The zero-order chi connectivity index (χ0) is 12.3. The van der Waals surface area contributed by atoms with Crippen LogP contribution in [0.25, 0.3) is 0 Å². The highest BCUT2D eigenvalue weighted by Crippen LogP contribution is 2.29. The van der Waals surface area contributed by atoms with Gasteiger partial charge in [-0.3, -0.25) is 0 Å². The molecule has 2 rings (SSSR count). The van der Waals surface area contributed by atoms with Gasteiger partial charge in [0.15, 0.2) is 0 Å². The lowest BCUT2D eigenvalue weighted by Gasteiger charge is -2.25. The van der Waals surface area contributed by atoms with E-state index in [1.54, 1.807) is 0 Å². The van der Waals surface area contributed by atoms with E-state index in [4.69, 9.17) is 5.11 Å². The van der Waals surface area contributed by atoms with Gasteiger partial charge in [0, 0.05) is 6.54 Å². The van der Waals surface area contributed by atoms with Crippen LogP contribution in [0.4, 0.5) is 10.1 Å². The first kappa shape index (κ1) is 11.9. The molecule has 0 spiro atoms. The molecule has 0 aromatic heterocycles. The number of carboxylic acid groups (broad SMARTS) is 1. The number of hydrogen-bond donors (Lipinski definition) is 2. The van der Waals surface area contributed by atoms with Crippen molar-refractivity contribution in [3.63, 3.8) is 0 Å². The van der Waals surface area contributed by atoms with Crippen LogP contribution in [0.15, 0.2) is 18.2 Å². The second-order valence-electron chi connectivity index (χ2n) is 4.48. The van der Waals surface area contributed by atoms with E-state index in [0.717, 1.165) is 12.3 Å². The first-order valence-corrected chi connectivity index (χ1v) is 5.94. The molecule has 0 saturated heterocycles. The predicted molar refractivity (Wildman–Crippen MR) is 63.8 cm³/mol. The van der Waals surface area contributed by atoms with Crippen molar-refractivity contribution in [1.29, 1.82) is 0 Å². The lowest BCUT2D eigenvalue weighted by Crippen LogP contribution is -2.17. The molecule has 2 N–H and O–H groups in total. The van der Waals surface area contributed by atoms with Crippen LogP contribution >= 0.6 is 0 Å². The van der Waals surface area contributed by atoms with Crippen molar-refractivity contribution in [1.82, 2.24) is 0 Å². The Balaban J connectivity index is 2.00. The standard InChI is InChI=1S/C13H16FNO2/c14-11-6-2-5-10(13(16)17)12(11)15-8-7-9-3-1-4-9/h2,5-6,9,15H,1,3-4,7-8H2,(H,16,17). The SMILES string of the molecule is O=C(O)c1cccc(F)c1NCCC1CCC1. The Morgan fingerprint density at radius 1 is 1.47 bits per heavy atom. The van der Waals surface area contributed by atoms with Gasteiger partial charge in [0.05, 0.1) is 11.3 Å². The summed E-state index contributed by atoms with van der Waals surface area (Å²) in [5.41, 5.74) is 0.109. The topological polar surface area (TPSA) is 49.3 Å². The van der Waals surface area contributed by atoms with E-state index in [9.17, 15) is 9.18 Å². The molecule has 1 saturated carbocycles. The summed E-state index contributed by atoms with van der Waals surface area (Å²) in [6.45, 7) is 0.631. The van der Waals surface area contributed by atoms with Crippen molar-refractivity contribution in [3.05, 3.63) is 29.6 Å². The third-order valence-corrected chi connectivity index (χ3v) is 3.32. The van der Waals surface area contributed by atoms with E-state index in [1.165, 1.54) is 37.5 Å². The van der Waals surface area contributed by atoms with Crippen molar-refractivity contribution >= 4 is 11.7 Å². The lowest BCUT2D eigenvalue weighted by atomic mass is 9.83. The fraction of sp³-hybridized carbons (Fsp3) is 0.462. The summed E-state index contributed by atoms with van der Waals surface area (Å²) in [7, 11) is 0. The Hall–Kier alpha value is -1.58. The summed E-state index contributed by atoms with van der Waals surface area (Å²) in [6.07, 6.45) is 4.74. The van der Waals surface area contributed by atoms with Crippen molar-refractivity contribution < 1.29 is 14.3 Å². The molecule has 4 heteroatoms. The maximum Gasteiger partial charge on any atom is 0.337 e. The van der Waals surface area contributed by atoms with Crippen LogP contribution in [0.1, 0.15) is 36.0 Å². The quantitative estimate of drug-likeness (QED) is 0.827. The minimum atomic E-state index is -1.10. The van der Waals surface area contributed by atoms with Gasteiger partial charge >= 0.3 is 5.97 Å². The molecule has 0 radical (unpaired) electrons. The van der Waals surface area contributed by atoms with Gasteiger partial charge in [0.2, 0.25) is 0 Å². The van der Waals surface area contributed by atoms with Gasteiger partial charge in [-0.1, -0.05) is 25.3 Å². The van der Waals surface area contributed by atoms with Gasteiger partial charge in [0.25, 0.3) is 0 Å². The largest absolute Gasteiger partial charge is 0.478 e. The summed E-state index contributed by atoms with van der Waals surface area (Å²) in [5.74, 6) is -0.878. The van der Waals surface area contributed by atoms with Crippen LogP contribution in [0, 0.1) is 11.7 Å². The highest BCUT2D eigenvalue weighted by atomic mass is 19.1. The summed E-state index contributed by atoms with van der Waals surface area (Å²) in [4.78, 5) is 10.9. The minimum Gasteiger partial charge on any atom is -0.478 e. The molecule has 1 aromatic rings. The Morgan fingerprint density at radius 2 is 2.24 bits per heavy atom. The normalized spacial score (nSPS) is 15.4. The highest BCUT2D eigenvalue weighted by molar-refractivity contribution is 5.94. The molecule has 0 atom stereocenters. The number of halogens is 1. The molecule has 3 nitrogen and oxygen atoms in total. The molecule has 1 aliphatic rings. The molecule has 1 aromatic carbocycles. The first-order chi connectivity index (χ1) is 8.18. The van der Waals surface area contributed by atoms with E-state index in [-0.39, 0.29) is 11.3 Å². The number of carbonyl (C=O) groups is 1. The summed E-state index contributed by atoms with van der Waals surface area (Å²) in [5, 5.41) is 11.9. The first-order valence-electron chi connectivity index (χ1n) is 5.94. The third-order valence-electron chi connectivity index (χ3n) is 3.32. The molecule has 0 bridgehead atoms. The maximum absolute atomic E-state index is 13.5. The van der Waals surface area contributed by atoms with Gasteiger partial charge in [-0.25, -0.2) is 9.18 Å². The van der Waals surface area contributed by atoms with Crippen LogP contribution < -0.4 is 5.32 Å². The van der Waals surface area contributed by atoms with E-state index in [1.807, 2.05) is 0 Å². The van der Waals surface area contributed by atoms with Gasteiger partial charge in [-0.05, 0) is 24.5 Å². The van der Waals surface area contributed by atoms with Crippen molar-refractivity contribution in [2.45, 2.75) is 25.7 Å². The molecular formula is C13H16FNO2. The predicted octanol–water partition coefficient (Wildman–Crippen LogP) is 3.13. The summed E-state index contributed by atoms with van der Waals surface area (Å²) >= 11 is 0. The minimum absolute atomic E-state index is 0.00129. The molecule has 1 aliphatic carbocycles. The number of benzene rings is 1. The fourth-order valence-corrected chi connectivity index (χ4v) is 2.06. The number of rotatable bonds is 5. The highest BCUT2D eigenvalue weighted by Gasteiger charge is 2.18. The molecular weight excluding hydrogens is 221 g/mol. The number of hydrogen-bond acceptors (Lipinski definition) is 2. The summed E-state index contributed by atoms with van der Waals surface area (Å²) < 4.78 is 13.5. The van der Waals surface area contributed by atoms with Crippen LogP contribution in [0.3, 0.4) is 0 Å². The molecule has 0 heterocycles. The molecule has 17 heavy (non-hydrogen) atoms. The van der Waals surface area contributed by atoms with Crippen LogP contribution in [-0.2, 0) is 0 Å².